The molecule has 1 aliphatic rings. The van der Waals surface area contributed by atoms with Crippen LogP contribution in [-0.4, -0.2) is 45.4 Å². The SMILES string of the molecule is CC(=O)N1CCc2ccc(S(=O)(=O)NCCN)cc2CC1. The molecule has 2 rings (SSSR count). The van der Waals surface area contributed by atoms with E-state index in [1.807, 2.05) is 6.07 Å². The lowest BCUT2D eigenvalue weighted by atomic mass is 10.0. The second-order valence-electron chi connectivity index (χ2n) is 5.12. The predicted octanol–water partition coefficient (Wildman–Crippen LogP) is -0.129. The number of nitrogens with two attached hydrogens (primary N) is 1. The normalized spacial score (nSPS) is 15.4. The number of sulfonamides is 1. The van der Waals surface area contributed by atoms with E-state index in [1.54, 1.807) is 24.0 Å². The van der Waals surface area contributed by atoms with Crippen LogP contribution in [0, 0.1) is 0 Å². The van der Waals surface area contributed by atoms with Crippen LogP contribution in [0.2, 0.25) is 0 Å². The molecule has 0 fully saturated rings. The van der Waals surface area contributed by atoms with Crippen molar-refractivity contribution in [1.82, 2.24) is 9.62 Å². The largest absolute Gasteiger partial charge is 0.342 e. The molecule has 1 heterocycles. The Bertz CT molecular complexity index is 628. The molecule has 0 aromatic heterocycles. The van der Waals surface area contributed by atoms with Gasteiger partial charge in [0, 0.05) is 33.1 Å². The van der Waals surface area contributed by atoms with E-state index < -0.39 is 10.0 Å². The molecule has 0 unspecified atom stereocenters. The Balaban J connectivity index is 2.23. The molecule has 1 aliphatic heterocycles. The third-order valence-electron chi connectivity index (χ3n) is 3.67. The second-order valence-corrected chi connectivity index (χ2v) is 6.89. The van der Waals surface area contributed by atoms with Crippen molar-refractivity contribution in [2.24, 2.45) is 5.73 Å². The standard InChI is InChI=1S/C14H21N3O3S/c1-11(18)17-8-4-12-2-3-14(10-13(12)5-9-17)21(19,20)16-7-6-15/h2-3,10,16H,4-9,15H2,1H3. The average molecular weight is 311 g/mol. The monoisotopic (exact) mass is 311 g/mol. The molecule has 0 atom stereocenters. The number of benzene rings is 1. The fourth-order valence-electron chi connectivity index (χ4n) is 2.46. The lowest BCUT2D eigenvalue weighted by Gasteiger charge is -2.17. The average Bonchev–Trinajstić information content (AvgIpc) is 2.67. The quantitative estimate of drug-likeness (QED) is 0.810. The number of fused-ring (bicyclic) bond motifs is 1. The first-order chi connectivity index (χ1) is 9.94. The van der Waals surface area contributed by atoms with E-state index in [0.717, 1.165) is 17.5 Å². The zero-order valence-electron chi connectivity index (χ0n) is 12.1. The summed E-state index contributed by atoms with van der Waals surface area (Å²) in [6, 6.07) is 5.16. The van der Waals surface area contributed by atoms with Crippen LogP contribution in [0.3, 0.4) is 0 Å². The van der Waals surface area contributed by atoms with Crippen LogP contribution in [0.4, 0.5) is 0 Å². The molecule has 1 aromatic carbocycles. The molecule has 7 heteroatoms. The molecule has 0 radical (unpaired) electrons. The number of nitrogens with one attached hydrogen (secondary N) is 1. The Morgan fingerprint density at radius 2 is 1.95 bits per heavy atom. The van der Waals surface area contributed by atoms with Crippen molar-refractivity contribution in [1.29, 1.82) is 0 Å². The Morgan fingerprint density at radius 1 is 1.29 bits per heavy atom. The minimum Gasteiger partial charge on any atom is -0.342 e. The smallest absolute Gasteiger partial charge is 0.240 e. The molecule has 0 saturated heterocycles. The van der Waals surface area contributed by atoms with E-state index in [4.69, 9.17) is 5.73 Å². The number of nitrogens with zero attached hydrogens (tertiary/aromatic N) is 1. The van der Waals surface area contributed by atoms with Gasteiger partial charge < -0.3 is 10.6 Å². The van der Waals surface area contributed by atoms with Crippen molar-refractivity contribution >= 4 is 15.9 Å². The van der Waals surface area contributed by atoms with Crippen molar-refractivity contribution in [3.8, 4) is 0 Å². The molecule has 1 aromatic rings. The Kier molecular flexibility index (Phi) is 4.97. The molecule has 6 nitrogen and oxygen atoms in total. The van der Waals surface area contributed by atoms with Crippen LogP contribution in [0.15, 0.2) is 23.1 Å². The zero-order chi connectivity index (χ0) is 15.5. The maximum absolute atomic E-state index is 12.1. The summed E-state index contributed by atoms with van der Waals surface area (Å²) < 4.78 is 26.7. The molecule has 116 valence electrons. The van der Waals surface area contributed by atoms with Crippen molar-refractivity contribution in [2.45, 2.75) is 24.7 Å². The van der Waals surface area contributed by atoms with Gasteiger partial charge in [-0.05, 0) is 36.1 Å². The fraction of sp³-hybridized carbons (Fsp3) is 0.500. The summed E-state index contributed by atoms with van der Waals surface area (Å²) in [5.41, 5.74) is 7.43. The van der Waals surface area contributed by atoms with Gasteiger partial charge in [-0.2, -0.15) is 0 Å². The van der Waals surface area contributed by atoms with Gasteiger partial charge >= 0.3 is 0 Å². The molecular formula is C14H21N3O3S. The summed E-state index contributed by atoms with van der Waals surface area (Å²) in [7, 11) is -3.51. The van der Waals surface area contributed by atoms with E-state index in [1.165, 1.54) is 0 Å². The van der Waals surface area contributed by atoms with E-state index in [0.29, 0.717) is 19.5 Å². The number of amides is 1. The summed E-state index contributed by atoms with van der Waals surface area (Å²) in [5.74, 6) is 0.0558. The predicted molar refractivity (Wildman–Crippen MR) is 80.3 cm³/mol. The third kappa shape index (κ3) is 3.81. The lowest BCUT2D eigenvalue weighted by Crippen LogP contribution is -2.30. The minimum absolute atomic E-state index is 0.0558. The molecule has 0 spiro atoms. The van der Waals surface area contributed by atoms with Gasteiger partial charge in [-0.1, -0.05) is 6.07 Å². The third-order valence-corrected chi connectivity index (χ3v) is 5.13. The summed E-state index contributed by atoms with van der Waals surface area (Å²) >= 11 is 0. The highest BCUT2D eigenvalue weighted by Crippen LogP contribution is 2.20. The molecule has 21 heavy (non-hydrogen) atoms. The highest BCUT2D eigenvalue weighted by molar-refractivity contribution is 7.89. The van der Waals surface area contributed by atoms with Crippen LogP contribution < -0.4 is 10.5 Å². The summed E-state index contributed by atoms with van der Waals surface area (Å²) in [6.07, 6.45) is 1.43. The van der Waals surface area contributed by atoms with E-state index in [2.05, 4.69) is 4.72 Å². The van der Waals surface area contributed by atoms with Crippen LogP contribution >= 0.6 is 0 Å². The molecule has 0 saturated carbocycles. The van der Waals surface area contributed by atoms with E-state index in [-0.39, 0.29) is 23.9 Å². The first-order valence-electron chi connectivity index (χ1n) is 7.01. The Labute approximate surface area is 125 Å². The highest BCUT2D eigenvalue weighted by Gasteiger charge is 2.19. The van der Waals surface area contributed by atoms with Crippen LogP contribution in [0.25, 0.3) is 0 Å². The van der Waals surface area contributed by atoms with Gasteiger partial charge in [0.05, 0.1) is 4.90 Å². The van der Waals surface area contributed by atoms with Crippen molar-refractivity contribution in [2.75, 3.05) is 26.2 Å². The summed E-state index contributed by atoms with van der Waals surface area (Å²) in [4.78, 5) is 13.5. The van der Waals surface area contributed by atoms with Gasteiger partial charge in [0.1, 0.15) is 0 Å². The maximum atomic E-state index is 12.1. The number of hydrogen-bond donors (Lipinski definition) is 2. The van der Waals surface area contributed by atoms with Gasteiger partial charge in [0.25, 0.3) is 0 Å². The summed E-state index contributed by atoms with van der Waals surface area (Å²) in [5, 5.41) is 0. The first kappa shape index (κ1) is 15.9. The first-order valence-corrected chi connectivity index (χ1v) is 8.49. The number of hydrogen-bond acceptors (Lipinski definition) is 4. The molecular weight excluding hydrogens is 290 g/mol. The maximum Gasteiger partial charge on any atom is 0.240 e. The van der Waals surface area contributed by atoms with E-state index >= 15 is 0 Å². The topological polar surface area (TPSA) is 92.5 Å². The number of carbonyl (C=O) groups excluding carboxylic acids is 1. The zero-order valence-corrected chi connectivity index (χ0v) is 12.9. The van der Waals surface area contributed by atoms with Crippen molar-refractivity contribution in [3.63, 3.8) is 0 Å². The van der Waals surface area contributed by atoms with Crippen molar-refractivity contribution in [3.05, 3.63) is 29.3 Å². The Hall–Kier alpha value is -1.44. The molecule has 0 aliphatic carbocycles. The van der Waals surface area contributed by atoms with Gasteiger partial charge in [-0.3, -0.25) is 4.79 Å². The van der Waals surface area contributed by atoms with Crippen LogP contribution in [0.1, 0.15) is 18.1 Å². The van der Waals surface area contributed by atoms with Gasteiger partial charge in [0.15, 0.2) is 0 Å². The van der Waals surface area contributed by atoms with Gasteiger partial charge in [0.2, 0.25) is 15.9 Å². The van der Waals surface area contributed by atoms with Crippen LogP contribution in [0.5, 0.6) is 0 Å². The number of rotatable bonds is 4. The molecule has 0 bridgehead atoms. The fourth-order valence-corrected chi connectivity index (χ4v) is 3.56. The Morgan fingerprint density at radius 3 is 2.57 bits per heavy atom. The second kappa shape index (κ2) is 6.55. The van der Waals surface area contributed by atoms with E-state index in [9.17, 15) is 13.2 Å². The van der Waals surface area contributed by atoms with Gasteiger partial charge in [-0.15, -0.1) is 0 Å². The van der Waals surface area contributed by atoms with Crippen molar-refractivity contribution < 1.29 is 13.2 Å². The van der Waals surface area contributed by atoms with Gasteiger partial charge in [-0.25, -0.2) is 13.1 Å². The molecule has 3 N–H and O–H groups in total. The van der Waals surface area contributed by atoms with Crippen LogP contribution in [-0.2, 0) is 27.7 Å². The number of carbonyl (C=O) groups is 1. The summed E-state index contributed by atoms with van der Waals surface area (Å²) in [6.45, 7) is 3.35. The minimum atomic E-state index is -3.51. The highest BCUT2D eigenvalue weighted by atomic mass is 32.2. The molecule has 1 amide bonds. The lowest BCUT2D eigenvalue weighted by molar-refractivity contribution is -0.128.